The lowest BCUT2D eigenvalue weighted by Gasteiger charge is -2.23. The van der Waals surface area contributed by atoms with Gasteiger partial charge in [-0.05, 0) is 55.9 Å². The number of hydrogen-bond donors (Lipinski definition) is 1. The van der Waals surface area contributed by atoms with Crippen molar-refractivity contribution in [3.8, 4) is 0 Å². The van der Waals surface area contributed by atoms with Gasteiger partial charge in [-0.25, -0.2) is 0 Å². The van der Waals surface area contributed by atoms with Crippen molar-refractivity contribution in [1.82, 2.24) is 0 Å². The highest BCUT2D eigenvalue weighted by Crippen LogP contribution is 2.35. The normalized spacial score (nSPS) is 26.7. The average molecular weight is 260 g/mol. The molecule has 2 aliphatic rings. The zero-order chi connectivity index (χ0) is 12.5. The summed E-state index contributed by atoms with van der Waals surface area (Å²) in [5, 5.41) is 4.60. The van der Waals surface area contributed by atoms with Crippen molar-refractivity contribution in [2.45, 2.75) is 39.2 Å². The number of hydrogen-bond acceptors (Lipinski definition) is 3. The fraction of sp³-hybridized carbons (Fsp3) is 0.533. The van der Waals surface area contributed by atoms with Crippen LogP contribution in [0, 0.1) is 19.8 Å². The first-order valence-corrected chi connectivity index (χ1v) is 7.75. The summed E-state index contributed by atoms with van der Waals surface area (Å²) in [4.78, 5) is 4.87. The van der Waals surface area contributed by atoms with Gasteiger partial charge in [-0.15, -0.1) is 0 Å². The summed E-state index contributed by atoms with van der Waals surface area (Å²) in [7, 11) is 0. The summed E-state index contributed by atoms with van der Waals surface area (Å²) in [6.07, 6.45) is 4.01. The summed E-state index contributed by atoms with van der Waals surface area (Å²) in [5.41, 5.74) is 3.78. The molecule has 0 radical (unpaired) electrons. The zero-order valence-corrected chi connectivity index (χ0v) is 11.9. The molecule has 18 heavy (non-hydrogen) atoms. The van der Waals surface area contributed by atoms with Crippen LogP contribution in [-0.2, 0) is 0 Å². The second kappa shape index (κ2) is 4.96. The Labute approximate surface area is 113 Å². The molecule has 0 spiro atoms. The Balaban J connectivity index is 1.76. The number of benzene rings is 1. The molecule has 1 N–H and O–H groups in total. The highest BCUT2D eigenvalue weighted by Gasteiger charge is 2.30. The Morgan fingerprint density at radius 2 is 1.94 bits per heavy atom. The predicted molar refractivity (Wildman–Crippen MR) is 80.6 cm³/mol. The molecule has 3 heteroatoms. The van der Waals surface area contributed by atoms with Gasteiger partial charge in [0.05, 0.1) is 6.04 Å². The molecular formula is C15H20N2S. The van der Waals surface area contributed by atoms with Crippen LogP contribution >= 0.6 is 11.8 Å². The van der Waals surface area contributed by atoms with Crippen LogP contribution in [0.3, 0.4) is 0 Å². The third-order valence-electron chi connectivity index (χ3n) is 3.81. The molecule has 0 aromatic heterocycles. The van der Waals surface area contributed by atoms with Gasteiger partial charge in [-0.2, -0.15) is 0 Å². The van der Waals surface area contributed by atoms with E-state index in [1.54, 1.807) is 0 Å². The number of aliphatic imine (C=N–C) groups is 1. The Morgan fingerprint density at radius 3 is 2.72 bits per heavy atom. The molecule has 2 unspecified atom stereocenters. The minimum Gasteiger partial charge on any atom is -0.335 e. The van der Waals surface area contributed by atoms with Crippen LogP contribution < -0.4 is 5.32 Å². The molecule has 1 aliphatic heterocycles. The number of nitrogens with zero attached hydrogens (tertiary/aromatic N) is 1. The Hall–Kier alpha value is -0.960. The molecule has 0 saturated heterocycles. The fourth-order valence-corrected chi connectivity index (χ4v) is 4.15. The third-order valence-corrected chi connectivity index (χ3v) is 4.88. The molecule has 1 saturated carbocycles. The average Bonchev–Trinajstić information content (AvgIpc) is 2.74. The zero-order valence-electron chi connectivity index (χ0n) is 11.1. The van der Waals surface area contributed by atoms with Crippen molar-refractivity contribution in [1.29, 1.82) is 0 Å². The van der Waals surface area contributed by atoms with Crippen molar-refractivity contribution < 1.29 is 0 Å². The van der Waals surface area contributed by atoms with E-state index in [1.807, 2.05) is 11.8 Å². The molecule has 0 amide bonds. The van der Waals surface area contributed by atoms with Gasteiger partial charge in [0.1, 0.15) is 0 Å². The molecule has 1 aliphatic carbocycles. The van der Waals surface area contributed by atoms with E-state index in [1.165, 1.54) is 41.8 Å². The lowest BCUT2D eigenvalue weighted by Crippen LogP contribution is -2.25. The molecule has 3 rings (SSSR count). The van der Waals surface area contributed by atoms with Gasteiger partial charge in [-0.1, -0.05) is 24.2 Å². The van der Waals surface area contributed by atoms with E-state index in [-0.39, 0.29) is 0 Å². The minimum atomic E-state index is 0.583. The first-order chi connectivity index (χ1) is 8.70. The number of nitrogens with one attached hydrogen (secondary N) is 1. The van der Waals surface area contributed by atoms with E-state index in [0.717, 1.165) is 11.1 Å². The first kappa shape index (κ1) is 12.1. The topological polar surface area (TPSA) is 24.4 Å². The van der Waals surface area contributed by atoms with Crippen LogP contribution in [0.25, 0.3) is 0 Å². The maximum Gasteiger partial charge on any atom is 0.161 e. The maximum absolute atomic E-state index is 4.87. The van der Waals surface area contributed by atoms with E-state index in [9.17, 15) is 0 Å². The van der Waals surface area contributed by atoms with E-state index in [0.29, 0.717) is 6.04 Å². The lowest BCUT2D eigenvalue weighted by atomic mass is 10.1. The first-order valence-electron chi connectivity index (χ1n) is 6.76. The lowest BCUT2D eigenvalue weighted by molar-refractivity contribution is 0.535. The van der Waals surface area contributed by atoms with Crippen LogP contribution in [0.4, 0.5) is 5.69 Å². The summed E-state index contributed by atoms with van der Waals surface area (Å²) in [5.74, 6) is 2.07. The van der Waals surface area contributed by atoms with Crippen LogP contribution in [-0.4, -0.2) is 17.0 Å². The van der Waals surface area contributed by atoms with Gasteiger partial charge < -0.3 is 5.32 Å². The van der Waals surface area contributed by atoms with Crippen LogP contribution in [0.15, 0.2) is 23.2 Å². The summed E-state index contributed by atoms with van der Waals surface area (Å²) in [6.45, 7) is 4.28. The van der Waals surface area contributed by atoms with Crippen molar-refractivity contribution in [3.05, 3.63) is 29.3 Å². The monoisotopic (exact) mass is 260 g/mol. The minimum absolute atomic E-state index is 0.583. The van der Waals surface area contributed by atoms with Gasteiger partial charge in [0.2, 0.25) is 0 Å². The summed E-state index contributed by atoms with van der Waals surface area (Å²) >= 11 is 1.89. The third kappa shape index (κ3) is 2.56. The summed E-state index contributed by atoms with van der Waals surface area (Å²) in [6, 6.07) is 7.17. The number of aryl methyl sites for hydroxylation is 2. The molecule has 96 valence electrons. The van der Waals surface area contributed by atoms with Gasteiger partial charge in [-0.3, -0.25) is 4.99 Å². The number of thioether (sulfide) groups is 1. The summed E-state index contributed by atoms with van der Waals surface area (Å²) < 4.78 is 0. The molecule has 0 bridgehead atoms. The molecule has 1 fully saturated rings. The van der Waals surface area contributed by atoms with Crippen molar-refractivity contribution in [2.75, 3.05) is 11.1 Å². The maximum atomic E-state index is 4.87. The van der Waals surface area contributed by atoms with Gasteiger partial charge >= 0.3 is 0 Å². The molecule has 1 aromatic carbocycles. The standard InChI is InChI=1S/C15H20N2S/c1-10-6-11(2)8-13(7-10)16-15-17-14-5-3-4-12(14)9-18-15/h6-8,12,14H,3-5,9H2,1-2H3,(H,16,17). The molecule has 2 atom stereocenters. The van der Waals surface area contributed by atoms with Crippen LogP contribution in [0.5, 0.6) is 0 Å². The van der Waals surface area contributed by atoms with E-state index in [2.05, 4.69) is 37.4 Å². The highest BCUT2D eigenvalue weighted by molar-refractivity contribution is 8.14. The number of rotatable bonds is 1. The second-order valence-electron chi connectivity index (χ2n) is 5.50. The Bertz CT molecular complexity index is 461. The SMILES string of the molecule is Cc1cc(C)cc(NC2=NC3CCCC3CS2)c1. The second-order valence-corrected chi connectivity index (χ2v) is 6.51. The van der Waals surface area contributed by atoms with E-state index < -0.39 is 0 Å². The van der Waals surface area contributed by atoms with Crippen molar-refractivity contribution in [3.63, 3.8) is 0 Å². The largest absolute Gasteiger partial charge is 0.335 e. The number of fused-ring (bicyclic) bond motifs is 1. The number of amidine groups is 1. The highest BCUT2D eigenvalue weighted by atomic mass is 32.2. The predicted octanol–water partition coefficient (Wildman–Crippen LogP) is 3.99. The van der Waals surface area contributed by atoms with E-state index in [4.69, 9.17) is 4.99 Å². The van der Waals surface area contributed by atoms with Crippen molar-refractivity contribution >= 4 is 22.6 Å². The Morgan fingerprint density at radius 1 is 1.17 bits per heavy atom. The smallest absolute Gasteiger partial charge is 0.161 e. The molecule has 1 aromatic rings. The van der Waals surface area contributed by atoms with Crippen LogP contribution in [0.1, 0.15) is 30.4 Å². The van der Waals surface area contributed by atoms with Gasteiger partial charge in [0, 0.05) is 11.4 Å². The van der Waals surface area contributed by atoms with Crippen LogP contribution in [0.2, 0.25) is 0 Å². The van der Waals surface area contributed by atoms with Gasteiger partial charge in [0.15, 0.2) is 5.17 Å². The van der Waals surface area contributed by atoms with E-state index >= 15 is 0 Å². The number of anilines is 1. The van der Waals surface area contributed by atoms with Gasteiger partial charge in [0.25, 0.3) is 0 Å². The molecule has 1 heterocycles. The quantitative estimate of drug-likeness (QED) is 0.825. The molecular weight excluding hydrogens is 240 g/mol. The molecule has 2 nitrogen and oxygen atoms in total. The fourth-order valence-electron chi connectivity index (χ4n) is 2.99. The van der Waals surface area contributed by atoms with Crippen molar-refractivity contribution in [2.24, 2.45) is 10.9 Å². The Kier molecular flexibility index (Phi) is 3.33.